The molecule has 3 rings (SSSR count). The van der Waals surface area contributed by atoms with Gasteiger partial charge in [-0.3, -0.25) is 4.98 Å². The maximum Gasteiger partial charge on any atom is 0.161 e. The first-order chi connectivity index (χ1) is 10.8. The van der Waals surface area contributed by atoms with Crippen molar-refractivity contribution in [2.24, 2.45) is 5.92 Å². The SMILES string of the molecule is Cc1cc(N[C@@H]2CCCC[C@H]2CO)nc(-c2ccncc2)n1. The average Bonchev–Trinajstić information content (AvgIpc) is 2.56. The Bertz CT molecular complexity index is 617. The number of aliphatic hydroxyl groups is 1. The summed E-state index contributed by atoms with van der Waals surface area (Å²) in [7, 11) is 0. The highest BCUT2D eigenvalue weighted by atomic mass is 16.3. The first-order valence-corrected chi connectivity index (χ1v) is 7.90. The third-order valence-corrected chi connectivity index (χ3v) is 4.27. The molecular formula is C17H22N4O. The molecule has 116 valence electrons. The molecule has 0 radical (unpaired) electrons. The molecule has 1 fully saturated rings. The predicted octanol–water partition coefficient (Wildman–Crippen LogP) is 2.81. The molecule has 0 unspecified atom stereocenters. The minimum Gasteiger partial charge on any atom is -0.396 e. The van der Waals surface area contributed by atoms with E-state index in [4.69, 9.17) is 0 Å². The second-order valence-electron chi connectivity index (χ2n) is 5.93. The Labute approximate surface area is 130 Å². The van der Waals surface area contributed by atoms with Gasteiger partial charge < -0.3 is 10.4 Å². The Hall–Kier alpha value is -2.01. The molecule has 0 bridgehead atoms. The number of rotatable bonds is 4. The van der Waals surface area contributed by atoms with Crippen molar-refractivity contribution in [1.82, 2.24) is 15.0 Å². The van der Waals surface area contributed by atoms with Crippen LogP contribution in [-0.2, 0) is 0 Å². The topological polar surface area (TPSA) is 70.9 Å². The minimum absolute atomic E-state index is 0.235. The lowest BCUT2D eigenvalue weighted by Gasteiger charge is -2.31. The molecule has 2 heterocycles. The van der Waals surface area contributed by atoms with Gasteiger partial charge in [0.1, 0.15) is 5.82 Å². The van der Waals surface area contributed by atoms with E-state index in [1.165, 1.54) is 12.8 Å². The quantitative estimate of drug-likeness (QED) is 0.908. The molecule has 0 amide bonds. The van der Waals surface area contributed by atoms with E-state index in [-0.39, 0.29) is 6.61 Å². The van der Waals surface area contributed by atoms with Crippen LogP contribution in [-0.4, -0.2) is 32.7 Å². The zero-order valence-corrected chi connectivity index (χ0v) is 12.9. The zero-order chi connectivity index (χ0) is 15.4. The maximum atomic E-state index is 9.55. The monoisotopic (exact) mass is 298 g/mol. The summed E-state index contributed by atoms with van der Waals surface area (Å²) in [5.41, 5.74) is 1.89. The van der Waals surface area contributed by atoms with Crippen LogP contribution in [0.5, 0.6) is 0 Å². The standard InChI is InChI=1S/C17H22N4O/c1-12-10-16(20-15-5-3-2-4-14(15)11-22)21-17(19-12)13-6-8-18-9-7-13/h6-10,14-15,22H,2-5,11H2,1H3,(H,19,20,21)/t14-,15+/m0/s1. The smallest absolute Gasteiger partial charge is 0.161 e. The molecule has 1 aliphatic rings. The van der Waals surface area contributed by atoms with Crippen molar-refractivity contribution in [2.45, 2.75) is 38.6 Å². The second-order valence-corrected chi connectivity index (χ2v) is 5.93. The molecule has 1 saturated carbocycles. The van der Waals surface area contributed by atoms with Crippen molar-refractivity contribution in [3.8, 4) is 11.4 Å². The van der Waals surface area contributed by atoms with Crippen LogP contribution < -0.4 is 5.32 Å². The molecule has 22 heavy (non-hydrogen) atoms. The van der Waals surface area contributed by atoms with E-state index in [0.717, 1.165) is 29.9 Å². The summed E-state index contributed by atoms with van der Waals surface area (Å²) in [6, 6.07) is 6.08. The van der Waals surface area contributed by atoms with Gasteiger partial charge >= 0.3 is 0 Å². The number of aliphatic hydroxyl groups excluding tert-OH is 1. The van der Waals surface area contributed by atoms with Crippen molar-refractivity contribution >= 4 is 5.82 Å². The number of aromatic nitrogens is 3. The summed E-state index contributed by atoms with van der Waals surface area (Å²) >= 11 is 0. The molecule has 2 aromatic rings. The molecule has 5 nitrogen and oxygen atoms in total. The minimum atomic E-state index is 0.235. The van der Waals surface area contributed by atoms with Gasteiger partial charge in [0, 0.05) is 48.3 Å². The normalized spacial score (nSPS) is 21.5. The number of nitrogens with one attached hydrogen (secondary N) is 1. The highest BCUT2D eigenvalue weighted by Crippen LogP contribution is 2.27. The van der Waals surface area contributed by atoms with Gasteiger partial charge in [0.05, 0.1) is 0 Å². The fraction of sp³-hybridized carbons (Fsp3) is 0.471. The summed E-state index contributed by atoms with van der Waals surface area (Å²) in [5.74, 6) is 1.86. The molecule has 0 aliphatic heterocycles. The third-order valence-electron chi connectivity index (χ3n) is 4.27. The van der Waals surface area contributed by atoms with Crippen molar-refractivity contribution < 1.29 is 5.11 Å². The number of aryl methyl sites for hydroxylation is 1. The van der Waals surface area contributed by atoms with Gasteiger partial charge in [-0.25, -0.2) is 9.97 Å². The van der Waals surface area contributed by atoms with Crippen molar-refractivity contribution in [2.75, 3.05) is 11.9 Å². The van der Waals surface area contributed by atoms with Crippen LogP contribution in [0.1, 0.15) is 31.4 Å². The van der Waals surface area contributed by atoms with E-state index in [1.807, 2.05) is 25.1 Å². The summed E-state index contributed by atoms with van der Waals surface area (Å²) < 4.78 is 0. The van der Waals surface area contributed by atoms with Gasteiger partial charge in [0.25, 0.3) is 0 Å². The summed E-state index contributed by atoms with van der Waals surface area (Å²) in [4.78, 5) is 13.2. The number of hydrogen-bond donors (Lipinski definition) is 2. The van der Waals surface area contributed by atoms with Gasteiger partial charge in [-0.2, -0.15) is 0 Å². The Morgan fingerprint density at radius 1 is 1.18 bits per heavy atom. The number of pyridine rings is 1. The van der Waals surface area contributed by atoms with Gasteiger partial charge in [-0.05, 0) is 31.9 Å². The van der Waals surface area contributed by atoms with E-state index >= 15 is 0 Å². The lowest BCUT2D eigenvalue weighted by molar-refractivity contribution is 0.178. The molecule has 2 atom stereocenters. The molecule has 5 heteroatoms. The van der Waals surface area contributed by atoms with Crippen molar-refractivity contribution in [3.05, 3.63) is 36.3 Å². The van der Waals surface area contributed by atoms with Crippen LogP contribution in [0.15, 0.2) is 30.6 Å². The van der Waals surface area contributed by atoms with Gasteiger partial charge in [0.2, 0.25) is 0 Å². The number of anilines is 1. The lowest BCUT2D eigenvalue weighted by Crippen LogP contribution is -2.34. The number of hydrogen-bond acceptors (Lipinski definition) is 5. The van der Waals surface area contributed by atoms with E-state index in [1.54, 1.807) is 12.4 Å². The van der Waals surface area contributed by atoms with E-state index < -0.39 is 0 Å². The fourth-order valence-electron chi connectivity index (χ4n) is 3.08. The Morgan fingerprint density at radius 2 is 1.95 bits per heavy atom. The molecule has 1 aliphatic carbocycles. The average molecular weight is 298 g/mol. The first kappa shape index (κ1) is 14.9. The van der Waals surface area contributed by atoms with Gasteiger partial charge in [-0.1, -0.05) is 12.8 Å². The van der Waals surface area contributed by atoms with Crippen LogP contribution in [0.2, 0.25) is 0 Å². The van der Waals surface area contributed by atoms with E-state index in [2.05, 4.69) is 20.3 Å². The van der Waals surface area contributed by atoms with Gasteiger partial charge in [0.15, 0.2) is 5.82 Å². The molecule has 2 aromatic heterocycles. The zero-order valence-electron chi connectivity index (χ0n) is 12.9. The predicted molar refractivity (Wildman–Crippen MR) is 86.5 cm³/mol. The van der Waals surface area contributed by atoms with E-state index in [0.29, 0.717) is 17.8 Å². The molecule has 0 spiro atoms. The first-order valence-electron chi connectivity index (χ1n) is 7.90. The Morgan fingerprint density at radius 3 is 2.73 bits per heavy atom. The fourth-order valence-corrected chi connectivity index (χ4v) is 3.08. The largest absolute Gasteiger partial charge is 0.396 e. The Kier molecular flexibility index (Phi) is 4.63. The van der Waals surface area contributed by atoms with Gasteiger partial charge in [-0.15, -0.1) is 0 Å². The highest BCUT2D eigenvalue weighted by molar-refractivity contribution is 5.56. The summed E-state index contributed by atoms with van der Waals surface area (Å²) in [6.07, 6.45) is 8.06. The highest BCUT2D eigenvalue weighted by Gasteiger charge is 2.24. The van der Waals surface area contributed by atoms with Crippen molar-refractivity contribution in [3.63, 3.8) is 0 Å². The van der Waals surface area contributed by atoms with E-state index in [9.17, 15) is 5.11 Å². The van der Waals surface area contributed by atoms with Crippen LogP contribution in [0.3, 0.4) is 0 Å². The number of nitrogens with zero attached hydrogens (tertiary/aromatic N) is 3. The second kappa shape index (κ2) is 6.83. The van der Waals surface area contributed by atoms with Crippen LogP contribution in [0.25, 0.3) is 11.4 Å². The summed E-state index contributed by atoms with van der Waals surface area (Å²) in [5, 5.41) is 13.1. The maximum absolute atomic E-state index is 9.55. The summed E-state index contributed by atoms with van der Waals surface area (Å²) in [6.45, 7) is 2.21. The third kappa shape index (κ3) is 3.42. The van der Waals surface area contributed by atoms with Crippen LogP contribution in [0.4, 0.5) is 5.82 Å². The molecule has 0 saturated heterocycles. The van der Waals surface area contributed by atoms with Crippen LogP contribution in [0, 0.1) is 12.8 Å². The Balaban J connectivity index is 1.83. The van der Waals surface area contributed by atoms with Crippen LogP contribution >= 0.6 is 0 Å². The molecule has 2 N–H and O–H groups in total. The van der Waals surface area contributed by atoms with Crippen molar-refractivity contribution in [1.29, 1.82) is 0 Å². The molecule has 0 aromatic carbocycles. The lowest BCUT2D eigenvalue weighted by atomic mass is 9.85. The molecular weight excluding hydrogens is 276 g/mol.